The molecule has 1 aromatic carbocycles. The number of ether oxygens (including phenoxy) is 1. The maximum Gasteiger partial charge on any atom is 0.321 e. The molecule has 0 saturated carbocycles. The number of carbonyl (C=O) groups excluding carboxylic acids is 2. The molecule has 1 aliphatic rings. The van der Waals surface area contributed by atoms with Gasteiger partial charge >= 0.3 is 6.03 Å². The van der Waals surface area contributed by atoms with E-state index >= 15 is 0 Å². The van der Waals surface area contributed by atoms with Gasteiger partial charge in [0.25, 0.3) is 0 Å². The number of piperidine rings is 1. The van der Waals surface area contributed by atoms with Crippen LogP contribution < -0.4 is 15.4 Å². The molecule has 0 radical (unpaired) electrons. The number of nitrogens with zero attached hydrogens (tertiary/aromatic N) is 2. The van der Waals surface area contributed by atoms with Crippen molar-refractivity contribution in [2.45, 2.75) is 32.3 Å². The van der Waals surface area contributed by atoms with E-state index in [-0.39, 0.29) is 18.6 Å². The Kier molecular flexibility index (Phi) is 7.23. The molecule has 1 aliphatic heterocycles. The van der Waals surface area contributed by atoms with Crippen molar-refractivity contribution in [3.63, 3.8) is 0 Å². The maximum atomic E-state index is 11.8. The molecule has 2 N–H and O–H groups in total. The lowest BCUT2D eigenvalue weighted by Crippen LogP contribution is -2.47. The predicted molar refractivity (Wildman–Crippen MR) is 93.1 cm³/mol. The van der Waals surface area contributed by atoms with Crippen molar-refractivity contribution >= 4 is 11.9 Å². The first kappa shape index (κ1) is 18.7. The van der Waals surface area contributed by atoms with Crippen LogP contribution in [0.25, 0.3) is 0 Å². The van der Waals surface area contributed by atoms with E-state index in [1.54, 1.807) is 24.3 Å². The van der Waals surface area contributed by atoms with E-state index in [2.05, 4.69) is 16.7 Å². The molecule has 1 heterocycles. The molecule has 1 saturated heterocycles. The molecule has 0 atom stereocenters. The van der Waals surface area contributed by atoms with E-state index in [1.807, 2.05) is 11.8 Å². The molecule has 0 bridgehead atoms. The zero-order valence-corrected chi connectivity index (χ0v) is 14.5. The van der Waals surface area contributed by atoms with Gasteiger partial charge in [-0.05, 0) is 43.5 Å². The van der Waals surface area contributed by atoms with Crippen LogP contribution in [0.15, 0.2) is 24.3 Å². The fraction of sp³-hybridized carbons (Fsp3) is 0.500. The summed E-state index contributed by atoms with van der Waals surface area (Å²) in [6.07, 6.45) is 2.55. The molecule has 0 aliphatic carbocycles. The Labute approximate surface area is 147 Å². The van der Waals surface area contributed by atoms with E-state index in [0.717, 1.165) is 38.1 Å². The Bertz CT molecular complexity index is 616. The van der Waals surface area contributed by atoms with Gasteiger partial charge in [-0.1, -0.05) is 6.92 Å². The summed E-state index contributed by atoms with van der Waals surface area (Å²) in [6.45, 7) is 4.20. The molecule has 1 fully saturated rings. The van der Waals surface area contributed by atoms with Crippen LogP contribution in [0.1, 0.15) is 31.7 Å². The van der Waals surface area contributed by atoms with Crippen molar-refractivity contribution in [3.8, 4) is 11.8 Å². The van der Waals surface area contributed by atoms with Gasteiger partial charge in [-0.3, -0.25) is 15.0 Å². The number of likely N-dealkylation sites (tertiary alicyclic amines) is 1. The molecule has 0 unspecified atom stereocenters. The zero-order valence-electron chi connectivity index (χ0n) is 14.5. The van der Waals surface area contributed by atoms with Gasteiger partial charge in [0.2, 0.25) is 5.91 Å². The minimum Gasteiger partial charge on any atom is -0.490 e. The molecular formula is C18H24N4O3. The van der Waals surface area contributed by atoms with Crippen molar-refractivity contribution in [2.24, 2.45) is 0 Å². The van der Waals surface area contributed by atoms with Crippen LogP contribution in [0.4, 0.5) is 4.79 Å². The van der Waals surface area contributed by atoms with E-state index in [1.165, 1.54) is 0 Å². The average Bonchev–Trinajstić information content (AvgIpc) is 2.62. The summed E-state index contributed by atoms with van der Waals surface area (Å²) in [5.74, 6) is 0.461. The van der Waals surface area contributed by atoms with E-state index in [9.17, 15) is 9.59 Å². The van der Waals surface area contributed by atoms with Crippen LogP contribution in [0.2, 0.25) is 0 Å². The lowest BCUT2D eigenvalue weighted by atomic mass is 10.1. The van der Waals surface area contributed by atoms with Crippen LogP contribution >= 0.6 is 0 Å². The molecular weight excluding hydrogens is 320 g/mol. The first-order valence-corrected chi connectivity index (χ1v) is 8.57. The minimum atomic E-state index is -0.439. The Morgan fingerprint density at radius 3 is 2.56 bits per heavy atom. The van der Waals surface area contributed by atoms with Gasteiger partial charge in [0, 0.05) is 19.6 Å². The lowest BCUT2D eigenvalue weighted by molar-refractivity contribution is -0.121. The normalized spacial score (nSPS) is 15.2. The Morgan fingerprint density at radius 2 is 1.96 bits per heavy atom. The standard InChI is InChI=1S/C18H24N4O3/c1-2-9-20-18(24)21-17(23)13-22-10-7-16(8-11-22)25-15-5-3-14(12-19)4-6-15/h3-6,16H,2,7-11,13H2,1H3,(H2,20,21,23,24). The van der Waals surface area contributed by atoms with Gasteiger partial charge < -0.3 is 10.1 Å². The van der Waals surface area contributed by atoms with Gasteiger partial charge in [-0.2, -0.15) is 5.26 Å². The summed E-state index contributed by atoms with van der Waals surface area (Å²) in [4.78, 5) is 25.3. The molecule has 2 rings (SSSR count). The Hall–Kier alpha value is -2.59. The molecule has 7 heteroatoms. The summed E-state index contributed by atoms with van der Waals surface area (Å²) in [5, 5.41) is 13.7. The summed E-state index contributed by atoms with van der Waals surface area (Å²) in [7, 11) is 0. The summed E-state index contributed by atoms with van der Waals surface area (Å²) in [5.41, 5.74) is 0.608. The number of hydrogen-bond donors (Lipinski definition) is 2. The van der Waals surface area contributed by atoms with E-state index in [0.29, 0.717) is 12.1 Å². The SMILES string of the molecule is CCCNC(=O)NC(=O)CN1CCC(Oc2ccc(C#N)cc2)CC1. The maximum absolute atomic E-state index is 11.8. The fourth-order valence-electron chi connectivity index (χ4n) is 2.64. The van der Waals surface area contributed by atoms with Crippen LogP contribution in [0.5, 0.6) is 5.75 Å². The summed E-state index contributed by atoms with van der Waals surface area (Å²) >= 11 is 0. The molecule has 1 aromatic rings. The largest absolute Gasteiger partial charge is 0.490 e. The van der Waals surface area contributed by atoms with Crippen LogP contribution in [0, 0.1) is 11.3 Å². The number of hydrogen-bond acceptors (Lipinski definition) is 5. The van der Waals surface area contributed by atoms with E-state index < -0.39 is 6.03 Å². The van der Waals surface area contributed by atoms with Gasteiger partial charge in [0.05, 0.1) is 18.2 Å². The van der Waals surface area contributed by atoms with Crippen LogP contribution in [-0.2, 0) is 4.79 Å². The van der Waals surface area contributed by atoms with Crippen molar-refractivity contribution in [2.75, 3.05) is 26.2 Å². The molecule has 134 valence electrons. The van der Waals surface area contributed by atoms with Gasteiger partial charge in [-0.25, -0.2) is 4.79 Å². The van der Waals surface area contributed by atoms with Gasteiger partial charge in [0.1, 0.15) is 11.9 Å². The second kappa shape index (κ2) is 9.64. The number of benzene rings is 1. The predicted octanol–water partition coefficient (Wildman–Crippen LogP) is 1.64. The number of nitriles is 1. The van der Waals surface area contributed by atoms with Crippen molar-refractivity contribution in [1.82, 2.24) is 15.5 Å². The highest BCUT2D eigenvalue weighted by molar-refractivity contribution is 5.95. The molecule has 7 nitrogen and oxygen atoms in total. The number of imide groups is 1. The number of nitrogens with one attached hydrogen (secondary N) is 2. The zero-order chi connectivity index (χ0) is 18.1. The number of urea groups is 1. The van der Waals surface area contributed by atoms with Crippen molar-refractivity contribution in [1.29, 1.82) is 5.26 Å². The van der Waals surface area contributed by atoms with Crippen LogP contribution in [0.3, 0.4) is 0 Å². The second-order valence-corrected chi connectivity index (χ2v) is 6.03. The summed E-state index contributed by atoms with van der Waals surface area (Å²) < 4.78 is 5.92. The number of carbonyl (C=O) groups is 2. The topological polar surface area (TPSA) is 94.5 Å². The highest BCUT2D eigenvalue weighted by Gasteiger charge is 2.22. The quantitative estimate of drug-likeness (QED) is 0.818. The Balaban J connectivity index is 1.69. The third-order valence-electron chi connectivity index (χ3n) is 3.98. The number of amides is 3. The monoisotopic (exact) mass is 344 g/mol. The molecule has 3 amide bonds. The van der Waals surface area contributed by atoms with Gasteiger partial charge in [-0.15, -0.1) is 0 Å². The van der Waals surface area contributed by atoms with E-state index in [4.69, 9.17) is 10.00 Å². The first-order chi connectivity index (χ1) is 12.1. The highest BCUT2D eigenvalue weighted by Crippen LogP contribution is 2.19. The molecule has 0 aromatic heterocycles. The second-order valence-electron chi connectivity index (χ2n) is 6.03. The first-order valence-electron chi connectivity index (χ1n) is 8.57. The Morgan fingerprint density at radius 1 is 1.28 bits per heavy atom. The summed E-state index contributed by atoms with van der Waals surface area (Å²) in [6, 6.07) is 8.71. The smallest absolute Gasteiger partial charge is 0.321 e. The molecule has 25 heavy (non-hydrogen) atoms. The lowest BCUT2D eigenvalue weighted by Gasteiger charge is -2.31. The minimum absolute atomic E-state index is 0.0973. The van der Waals surface area contributed by atoms with Crippen molar-refractivity contribution < 1.29 is 14.3 Å². The third kappa shape index (κ3) is 6.43. The highest BCUT2D eigenvalue weighted by atomic mass is 16.5. The average molecular weight is 344 g/mol. The van der Waals surface area contributed by atoms with Crippen molar-refractivity contribution in [3.05, 3.63) is 29.8 Å². The fourth-order valence-corrected chi connectivity index (χ4v) is 2.64. The van der Waals surface area contributed by atoms with Crippen LogP contribution in [-0.4, -0.2) is 49.1 Å². The molecule has 0 spiro atoms. The third-order valence-corrected chi connectivity index (χ3v) is 3.98. The number of rotatable bonds is 6. The van der Waals surface area contributed by atoms with Gasteiger partial charge in [0.15, 0.2) is 0 Å².